The normalized spacial score (nSPS) is 16.1. The molecular weight excluding hydrogens is 1230 g/mol. The molecule has 0 saturated carbocycles. The van der Waals surface area contributed by atoms with Gasteiger partial charge in [-0.3, -0.25) is 9.97 Å². The highest BCUT2D eigenvalue weighted by atomic mass is 16.3. The van der Waals surface area contributed by atoms with Gasteiger partial charge in [-0.15, -0.1) is 0 Å². The minimum absolute atomic E-state index is 0.118. The number of rotatable bonds is 8. The molecule has 1 atom stereocenters. The summed E-state index contributed by atoms with van der Waals surface area (Å²) in [5, 5.41) is 6.04. The summed E-state index contributed by atoms with van der Waals surface area (Å²) < 4.78 is 179. The van der Waals surface area contributed by atoms with Crippen LogP contribution in [0.5, 0.6) is 0 Å². The molecular formula is C88H92N8O4+4. The van der Waals surface area contributed by atoms with Gasteiger partial charge in [0.15, 0.2) is 36.0 Å². The lowest BCUT2D eigenvalue weighted by Gasteiger charge is -2.15. The van der Waals surface area contributed by atoms with Crippen molar-refractivity contribution in [3.8, 4) is 45.0 Å². The van der Waals surface area contributed by atoms with Crippen molar-refractivity contribution in [1.82, 2.24) is 19.9 Å². The molecule has 12 aromatic heterocycles. The van der Waals surface area contributed by atoms with Crippen LogP contribution < -0.4 is 18.3 Å². The van der Waals surface area contributed by atoms with Crippen LogP contribution >= 0.6 is 0 Å². The van der Waals surface area contributed by atoms with Gasteiger partial charge in [0.05, 0.1) is 22.8 Å². The Morgan fingerprint density at radius 3 is 1.36 bits per heavy atom. The molecule has 1 unspecified atom stereocenters. The van der Waals surface area contributed by atoms with Gasteiger partial charge in [-0.2, -0.15) is 0 Å². The number of fused-ring (bicyclic) bond motifs is 12. The third-order valence-electron chi connectivity index (χ3n) is 18.3. The molecule has 0 fully saturated rings. The zero-order valence-electron chi connectivity index (χ0n) is 77.9. The SMILES string of the molecule is [2H]C([2H])([2H])c1ccc(-c2c(C)nc3oc4ccccc4c3c2C([2H])(C)C)[n+](C)c1.[2H]C([2H])([2H])c1ccc(-c2cc3c(cc2C)oc2cc(C([2H])(C)C([2H])([2H])[2H])ncc23)[n+](C)c1.[2H]C([2H])([2H])c1ccc(-c2cc3c(cc2C)oc2ccc(C([2H])(C)C)nc23)[n+](C)c1.[2H]C([2H])([2H])c1ccc(-c2cc3c(cc2C)oc2cnc(C([2H])(C)C)cc23)[n+](C)c1. The molecule has 12 heteroatoms. The second-order valence-electron chi connectivity index (χ2n) is 26.5. The summed E-state index contributed by atoms with van der Waals surface area (Å²) in [6.07, 6.45) is 9.77. The first-order valence-electron chi connectivity index (χ1n) is 42.4. The monoisotopic (exact) mass is 1340 g/mol. The first-order chi connectivity index (χ1) is 55.1. The van der Waals surface area contributed by atoms with Crippen LogP contribution in [0.1, 0.15) is 172 Å². The largest absolute Gasteiger partial charge is 0.456 e. The molecule has 0 N–H and O–H groups in total. The van der Waals surface area contributed by atoms with Gasteiger partial charge >= 0.3 is 0 Å². The highest BCUT2D eigenvalue weighted by molar-refractivity contribution is 6.09. The van der Waals surface area contributed by atoms with E-state index in [0.717, 1.165) is 128 Å². The van der Waals surface area contributed by atoms with E-state index in [4.69, 9.17) is 53.7 Å². The lowest BCUT2D eigenvalue weighted by molar-refractivity contribution is -0.660. The van der Waals surface area contributed by atoms with Crippen LogP contribution in [0, 0.1) is 55.1 Å². The molecule has 0 aliphatic carbocycles. The van der Waals surface area contributed by atoms with Crippen molar-refractivity contribution < 1.29 is 62.0 Å². The van der Waals surface area contributed by atoms with E-state index in [2.05, 4.69) is 16.0 Å². The fraction of sp³-hybridized carbons (Fsp3) is 0.273. The van der Waals surface area contributed by atoms with Crippen LogP contribution in [0.4, 0.5) is 0 Å². The molecule has 0 bridgehead atoms. The molecule has 0 aliphatic heterocycles. The quantitative estimate of drug-likeness (QED) is 0.138. The van der Waals surface area contributed by atoms with Crippen molar-refractivity contribution in [3.63, 3.8) is 0 Å². The highest BCUT2D eigenvalue weighted by Crippen LogP contribution is 2.42. The maximum Gasteiger partial charge on any atom is 0.227 e. The van der Waals surface area contributed by atoms with E-state index in [9.17, 15) is 0 Å². The minimum atomic E-state index is -2.53. The van der Waals surface area contributed by atoms with Gasteiger partial charge in [0.2, 0.25) is 28.5 Å². The molecule has 0 amide bonds. The van der Waals surface area contributed by atoms with Crippen LogP contribution in [0.25, 0.3) is 133 Å². The summed E-state index contributed by atoms with van der Waals surface area (Å²) in [7, 11) is 7.33. The van der Waals surface area contributed by atoms with Crippen LogP contribution in [0.3, 0.4) is 0 Å². The van der Waals surface area contributed by atoms with Crippen LogP contribution in [-0.2, 0) is 28.2 Å². The number of nitrogens with zero attached hydrogens (tertiary/aromatic N) is 8. The lowest BCUT2D eigenvalue weighted by Crippen LogP contribution is -2.31. The first-order valence-corrected chi connectivity index (χ1v) is 32.9. The van der Waals surface area contributed by atoms with Crippen molar-refractivity contribution in [3.05, 3.63) is 238 Å². The summed E-state index contributed by atoms with van der Waals surface area (Å²) in [6.45, 7) is 8.96. The van der Waals surface area contributed by atoms with Crippen molar-refractivity contribution in [2.45, 2.75) is 134 Å². The zero-order chi connectivity index (χ0) is 87.0. The van der Waals surface area contributed by atoms with Crippen molar-refractivity contribution in [2.24, 2.45) is 28.2 Å². The third kappa shape index (κ3) is 13.0. The molecule has 4 aromatic carbocycles. The Hall–Kier alpha value is -10.7. The number of hydrogen-bond acceptors (Lipinski definition) is 8. The number of pyridine rings is 8. The lowest BCUT2D eigenvalue weighted by atomic mass is 9.90. The predicted molar refractivity (Wildman–Crippen MR) is 407 cm³/mol. The standard InChI is InChI=1S/4C22H23N2O/c1-13(2)18-7-9-20-22(23-18)17-11-16(15(4)10-21(17)25-20)19-8-6-14(3)12-24(19)5;1-13(2)19-10-22-18(11-23-19)17-9-16(15(4)8-21(17)25-22)20-7-6-14(3)12-24(20)5;1-13(2)19-10-18-17-9-16(20-7-6-14(3)12-24(20)5)15(4)8-21(17)25-22(18)11-23-19;1-13(2)19-20(17-11-10-14(3)12-24(17)5)15(4)23-22-21(19)16-8-6-7-9-18(16)25-22/h4*6-13H,1-5H3/q4*+1/i3D3,13D;1D3,3D3,13D;2*3D3,13D. The van der Waals surface area contributed by atoms with E-state index < -0.39 is 57.8 Å². The van der Waals surface area contributed by atoms with E-state index in [1.54, 1.807) is 89.8 Å². The van der Waals surface area contributed by atoms with Crippen LogP contribution in [0.15, 0.2) is 188 Å². The summed E-state index contributed by atoms with van der Waals surface area (Å²) >= 11 is 0. The van der Waals surface area contributed by atoms with E-state index in [1.165, 1.54) is 13.0 Å². The van der Waals surface area contributed by atoms with Crippen LogP contribution in [0.2, 0.25) is 0 Å². The molecule has 0 aliphatic rings. The predicted octanol–water partition coefficient (Wildman–Crippen LogP) is 20.9. The van der Waals surface area contributed by atoms with E-state index in [0.29, 0.717) is 55.9 Å². The number of hydrogen-bond donors (Lipinski definition) is 0. The molecule has 504 valence electrons. The number of benzene rings is 4. The van der Waals surface area contributed by atoms with Gasteiger partial charge in [0.1, 0.15) is 61.6 Å². The Bertz CT molecular complexity index is 6500. The average Bonchev–Trinajstić information content (AvgIpc) is 1.66. The summed E-state index contributed by atoms with van der Waals surface area (Å²) in [5.41, 5.74) is 20.4. The molecule has 0 radical (unpaired) electrons. The van der Waals surface area contributed by atoms with Gasteiger partial charge in [-0.1, -0.05) is 73.5 Å². The summed E-state index contributed by atoms with van der Waals surface area (Å²) in [5.74, 6) is -4.39. The smallest absolute Gasteiger partial charge is 0.227 e. The number of aryl methyl sites for hydroxylation is 12. The molecule has 100 heavy (non-hydrogen) atoms. The summed E-state index contributed by atoms with van der Waals surface area (Å²) in [6, 6.07) is 40.6. The Kier molecular flexibility index (Phi) is 13.1. The van der Waals surface area contributed by atoms with Crippen molar-refractivity contribution in [1.29, 1.82) is 0 Å². The van der Waals surface area contributed by atoms with Gasteiger partial charge in [-0.05, 0) is 186 Å². The maximum atomic E-state index is 8.90. The van der Waals surface area contributed by atoms with E-state index >= 15 is 0 Å². The highest BCUT2D eigenvalue weighted by Gasteiger charge is 2.27. The topological polar surface area (TPSA) is 120 Å². The van der Waals surface area contributed by atoms with Gasteiger partial charge in [0, 0.05) is 151 Å². The second kappa shape index (κ2) is 27.2. The van der Waals surface area contributed by atoms with E-state index in [-0.39, 0.29) is 16.8 Å². The number of furan rings is 4. The van der Waals surface area contributed by atoms with Gasteiger partial charge in [0.25, 0.3) is 0 Å². The number of para-hydroxylation sites is 1. The molecule has 12 heterocycles. The molecule has 12 nitrogen and oxygen atoms in total. The zero-order valence-corrected chi connectivity index (χ0v) is 58.9. The number of aromatic nitrogens is 8. The Morgan fingerprint density at radius 1 is 0.380 bits per heavy atom. The van der Waals surface area contributed by atoms with Crippen molar-refractivity contribution in [2.75, 3.05) is 0 Å². The van der Waals surface area contributed by atoms with E-state index in [1.807, 2.05) is 184 Å². The second-order valence-corrected chi connectivity index (χ2v) is 26.5. The minimum Gasteiger partial charge on any atom is -0.456 e. The van der Waals surface area contributed by atoms with Gasteiger partial charge < -0.3 is 17.7 Å². The third-order valence-corrected chi connectivity index (χ3v) is 18.3. The van der Waals surface area contributed by atoms with Crippen molar-refractivity contribution >= 4 is 88.0 Å². The molecule has 0 spiro atoms. The maximum absolute atomic E-state index is 8.90. The first kappa shape index (κ1) is 48.1. The van der Waals surface area contributed by atoms with Gasteiger partial charge in [-0.25, -0.2) is 28.2 Å². The average molecular weight is 1340 g/mol. The fourth-order valence-electron chi connectivity index (χ4n) is 13.2. The molecule has 16 rings (SSSR count). The molecule has 16 aromatic rings. The summed E-state index contributed by atoms with van der Waals surface area (Å²) in [4.78, 5) is 18.1. The Labute approximate surface area is 613 Å². The fourth-order valence-corrected chi connectivity index (χ4v) is 13.2. The Balaban J connectivity index is 0.000000137. The molecule has 0 saturated heterocycles. The Morgan fingerprint density at radius 2 is 0.840 bits per heavy atom. The van der Waals surface area contributed by atoms with Crippen LogP contribution in [-0.4, -0.2) is 19.9 Å².